The summed E-state index contributed by atoms with van der Waals surface area (Å²) in [5.41, 5.74) is 1.46. The van der Waals surface area contributed by atoms with Crippen molar-refractivity contribution in [3.8, 4) is 0 Å². The number of hydrogen-bond donors (Lipinski definition) is 0. The molecule has 0 heteroatoms. The first-order chi connectivity index (χ1) is 5.39. The van der Waals surface area contributed by atoms with Gasteiger partial charge in [0.2, 0.25) is 0 Å². The summed E-state index contributed by atoms with van der Waals surface area (Å²) >= 11 is 0. The minimum atomic E-state index is 1.24. The molecule has 0 bridgehead atoms. The number of rotatable bonds is 0. The van der Waals surface area contributed by atoms with Crippen LogP contribution in [0.4, 0.5) is 0 Å². The van der Waals surface area contributed by atoms with Crippen molar-refractivity contribution >= 4 is 0 Å². The molecule has 1 rings (SSSR count). The molecule has 0 amide bonds. The number of allylic oxidation sites excluding steroid dienone is 3. The molecule has 0 atom stereocenters. The molecule has 0 radical (unpaired) electrons. The Hall–Kier alpha value is -0.520. The fraction of sp³-hybridized carbons (Fsp3) is 0.636. The summed E-state index contributed by atoms with van der Waals surface area (Å²) in [6.07, 6.45) is 13.6. The Labute approximate surface area is 70.0 Å². The first-order valence-electron chi connectivity index (χ1n) is 4.71. The van der Waals surface area contributed by atoms with Crippen molar-refractivity contribution in [1.29, 1.82) is 0 Å². The van der Waals surface area contributed by atoms with Crippen LogP contribution < -0.4 is 0 Å². The van der Waals surface area contributed by atoms with Crippen LogP contribution in [0.1, 0.15) is 44.9 Å². The summed E-state index contributed by atoms with van der Waals surface area (Å²) < 4.78 is 0. The summed E-state index contributed by atoms with van der Waals surface area (Å²) in [4.78, 5) is 0. The summed E-state index contributed by atoms with van der Waals surface area (Å²) in [6.45, 7) is 4.06. The average Bonchev–Trinajstić information content (AvgIpc) is 2.03. The van der Waals surface area contributed by atoms with E-state index in [0.717, 1.165) is 0 Å². The molecule has 11 heavy (non-hydrogen) atoms. The molecule has 62 valence electrons. The van der Waals surface area contributed by atoms with E-state index in [1.54, 1.807) is 0 Å². The van der Waals surface area contributed by atoms with E-state index in [-0.39, 0.29) is 0 Å². The Morgan fingerprint density at radius 1 is 0.909 bits per heavy atom. The van der Waals surface area contributed by atoms with Gasteiger partial charge >= 0.3 is 0 Å². The molecule has 0 saturated heterocycles. The van der Waals surface area contributed by atoms with Gasteiger partial charge < -0.3 is 0 Å². The molecule has 0 unspecified atom stereocenters. The van der Waals surface area contributed by atoms with Gasteiger partial charge in [-0.15, -0.1) is 0 Å². The van der Waals surface area contributed by atoms with E-state index in [2.05, 4.69) is 18.7 Å². The molecule has 0 spiro atoms. The maximum Gasteiger partial charge on any atom is -0.0320 e. The van der Waals surface area contributed by atoms with Crippen molar-refractivity contribution in [3.63, 3.8) is 0 Å². The molecule has 0 aromatic rings. The molecular weight excluding hydrogens is 132 g/mol. The molecule has 0 aromatic carbocycles. The van der Waals surface area contributed by atoms with Crippen molar-refractivity contribution < 1.29 is 0 Å². The Morgan fingerprint density at radius 2 is 1.55 bits per heavy atom. The Kier molecular flexibility index (Phi) is 4.03. The van der Waals surface area contributed by atoms with E-state index in [1.807, 2.05) is 0 Å². The third kappa shape index (κ3) is 4.02. The summed E-state index contributed by atoms with van der Waals surface area (Å²) in [6, 6.07) is 0. The van der Waals surface area contributed by atoms with E-state index in [4.69, 9.17) is 0 Å². The lowest BCUT2D eigenvalue weighted by atomic mass is 10.0. The maximum atomic E-state index is 4.06. The zero-order valence-electron chi connectivity index (χ0n) is 7.31. The molecule has 1 aliphatic carbocycles. The molecular formula is C11H18. The van der Waals surface area contributed by atoms with E-state index in [1.165, 1.54) is 50.5 Å². The lowest BCUT2D eigenvalue weighted by Gasteiger charge is -2.05. The average molecular weight is 150 g/mol. The second-order valence-electron chi connectivity index (χ2n) is 3.36. The minimum absolute atomic E-state index is 1.24. The molecule has 0 saturated carbocycles. The summed E-state index contributed by atoms with van der Waals surface area (Å²) in [5, 5.41) is 0. The van der Waals surface area contributed by atoms with Crippen molar-refractivity contribution in [3.05, 3.63) is 24.3 Å². The first-order valence-corrected chi connectivity index (χ1v) is 4.71. The molecule has 0 fully saturated rings. The fourth-order valence-corrected chi connectivity index (χ4v) is 1.47. The molecule has 0 nitrogen and oxygen atoms in total. The standard InChI is InChI=1S/C11H18/c1-11-9-7-5-3-2-4-6-8-10-11/h2-3H,1,4-10H2. The highest BCUT2D eigenvalue weighted by Crippen LogP contribution is 2.15. The van der Waals surface area contributed by atoms with E-state index >= 15 is 0 Å². The number of hydrogen-bond acceptors (Lipinski definition) is 0. The van der Waals surface area contributed by atoms with Crippen LogP contribution in [-0.2, 0) is 0 Å². The Balaban J connectivity index is 2.28. The quantitative estimate of drug-likeness (QED) is 0.460. The van der Waals surface area contributed by atoms with E-state index < -0.39 is 0 Å². The van der Waals surface area contributed by atoms with Gasteiger partial charge in [-0.1, -0.05) is 24.3 Å². The van der Waals surface area contributed by atoms with Gasteiger partial charge in [0, 0.05) is 0 Å². The highest BCUT2D eigenvalue weighted by molar-refractivity contribution is 4.95. The van der Waals surface area contributed by atoms with Gasteiger partial charge in [-0.05, 0) is 44.9 Å². The second-order valence-corrected chi connectivity index (χ2v) is 3.36. The monoisotopic (exact) mass is 150 g/mol. The van der Waals surface area contributed by atoms with Crippen LogP contribution in [-0.4, -0.2) is 0 Å². The van der Waals surface area contributed by atoms with Gasteiger partial charge in [0.05, 0.1) is 0 Å². The SMILES string of the molecule is C=C1CCCC=CCCCC1. The van der Waals surface area contributed by atoms with Gasteiger partial charge in [0.15, 0.2) is 0 Å². The lowest BCUT2D eigenvalue weighted by molar-refractivity contribution is 0.693. The van der Waals surface area contributed by atoms with E-state index in [9.17, 15) is 0 Å². The van der Waals surface area contributed by atoms with Crippen LogP contribution in [0, 0.1) is 0 Å². The van der Waals surface area contributed by atoms with Crippen molar-refractivity contribution in [2.75, 3.05) is 0 Å². The van der Waals surface area contributed by atoms with Crippen LogP contribution in [0.2, 0.25) is 0 Å². The molecule has 0 aromatic heterocycles. The van der Waals surface area contributed by atoms with Crippen LogP contribution in [0.15, 0.2) is 24.3 Å². The molecule has 1 aliphatic rings. The topological polar surface area (TPSA) is 0 Å². The Bertz CT molecular complexity index is 142. The highest BCUT2D eigenvalue weighted by atomic mass is 14.0. The minimum Gasteiger partial charge on any atom is -0.0999 e. The second kappa shape index (κ2) is 5.17. The predicted octanol–water partition coefficient (Wildman–Crippen LogP) is 3.84. The van der Waals surface area contributed by atoms with Crippen LogP contribution >= 0.6 is 0 Å². The van der Waals surface area contributed by atoms with Gasteiger partial charge in [0.25, 0.3) is 0 Å². The normalized spacial score (nSPS) is 21.6. The smallest absolute Gasteiger partial charge is 0.0320 e. The zero-order chi connectivity index (χ0) is 7.94. The highest BCUT2D eigenvalue weighted by Gasteiger charge is 1.95. The molecule has 0 N–H and O–H groups in total. The third-order valence-electron chi connectivity index (χ3n) is 2.22. The van der Waals surface area contributed by atoms with Crippen LogP contribution in [0.3, 0.4) is 0 Å². The van der Waals surface area contributed by atoms with Crippen LogP contribution in [0.5, 0.6) is 0 Å². The summed E-state index contributed by atoms with van der Waals surface area (Å²) in [5.74, 6) is 0. The van der Waals surface area contributed by atoms with E-state index in [0.29, 0.717) is 0 Å². The van der Waals surface area contributed by atoms with Gasteiger partial charge in [-0.3, -0.25) is 0 Å². The van der Waals surface area contributed by atoms with Gasteiger partial charge in [-0.25, -0.2) is 0 Å². The Morgan fingerprint density at radius 3 is 2.36 bits per heavy atom. The lowest BCUT2D eigenvalue weighted by Crippen LogP contribution is -1.85. The van der Waals surface area contributed by atoms with Crippen molar-refractivity contribution in [1.82, 2.24) is 0 Å². The largest absolute Gasteiger partial charge is 0.0999 e. The van der Waals surface area contributed by atoms with Gasteiger partial charge in [-0.2, -0.15) is 0 Å². The maximum absolute atomic E-state index is 4.06. The molecule has 0 aliphatic heterocycles. The summed E-state index contributed by atoms with van der Waals surface area (Å²) in [7, 11) is 0. The van der Waals surface area contributed by atoms with Crippen molar-refractivity contribution in [2.24, 2.45) is 0 Å². The molecule has 0 heterocycles. The fourth-order valence-electron chi connectivity index (χ4n) is 1.47. The van der Waals surface area contributed by atoms with Crippen LogP contribution in [0.25, 0.3) is 0 Å². The third-order valence-corrected chi connectivity index (χ3v) is 2.22. The zero-order valence-corrected chi connectivity index (χ0v) is 7.31. The predicted molar refractivity (Wildman–Crippen MR) is 50.6 cm³/mol. The first kappa shape index (κ1) is 8.58. The van der Waals surface area contributed by atoms with Gasteiger partial charge in [0.1, 0.15) is 0 Å². The van der Waals surface area contributed by atoms with Crippen molar-refractivity contribution in [2.45, 2.75) is 44.9 Å².